The molecule has 0 spiro atoms. The van der Waals surface area contributed by atoms with Crippen molar-refractivity contribution in [3.63, 3.8) is 0 Å². The second-order valence-electron chi connectivity index (χ2n) is 6.02. The van der Waals surface area contributed by atoms with Gasteiger partial charge in [-0.15, -0.1) is 0 Å². The topological polar surface area (TPSA) is 71.1 Å². The summed E-state index contributed by atoms with van der Waals surface area (Å²) in [6.45, 7) is 0. The Kier molecular flexibility index (Phi) is 6.28. The molecule has 0 atom stereocenters. The molecule has 0 radical (unpaired) electrons. The monoisotopic (exact) mass is 453 g/mol. The van der Waals surface area contributed by atoms with Crippen LogP contribution < -0.4 is 10.6 Å². The maximum Gasteiger partial charge on any atom is 0.416 e. The van der Waals surface area contributed by atoms with Crippen LogP contribution in [-0.4, -0.2) is 16.9 Å². The number of amides is 3. The number of imide groups is 1. The number of hydrogen-bond acceptors (Lipinski definition) is 3. The van der Waals surface area contributed by atoms with Crippen LogP contribution in [-0.2, 0) is 6.18 Å². The summed E-state index contributed by atoms with van der Waals surface area (Å²) in [4.78, 5) is 28.3. The van der Waals surface area contributed by atoms with E-state index in [2.05, 4.69) is 15.6 Å². The first-order valence-electron chi connectivity index (χ1n) is 8.35. The third-order valence-electron chi connectivity index (χ3n) is 3.92. The molecule has 0 aliphatic heterocycles. The van der Waals surface area contributed by atoms with E-state index >= 15 is 0 Å². The molecule has 10 heteroatoms. The van der Waals surface area contributed by atoms with E-state index in [1.54, 1.807) is 6.07 Å². The van der Waals surface area contributed by atoms with Crippen LogP contribution in [0.3, 0.4) is 0 Å². The fourth-order valence-electron chi connectivity index (χ4n) is 2.54. The average molecular weight is 454 g/mol. The Morgan fingerprint density at radius 2 is 1.60 bits per heavy atom. The first kappa shape index (κ1) is 21.6. The Bertz CT molecular complexity index is 1080. The number of aromatic nitrogens is 1. The molecule has 3 rings (SSSR count). The van der Waals surface area contributed by atoms with Gasteiger partial charge in [-0.05, 0) is 36.4 Å². The Labute approximate surface area is 178 Å². The third kappa shape index (κ3) is 5.08. The molecule has 3 amide bonds. The number of nitrogens with zero attached hydrogens (tertiary/aromatic N) is 1. The molecule has 1 heterocycles. The number of rotatable bonds is 3. The Morgan fingerprint density at radius 3 is 2.20 bits per heavy atom. The van der Waals surface area contributed by atoms with Crippen LogP contribution in [0.1, 0.15) is 15.9 Å². The molecule has 0 unspecified atom stereocenters. The largest absolute Gasteiger partial charge is 0.416 e. The lowest BCUT2D eigenvalue weighted by Crippen LogP contribution is -2.34. The van der Waals surface area contributed by atoms with Crippen LogP contribution in [0.25, 0.3) is 11.3 Å². The maximum absolute atomic E-state index is 12.8. The lowest BCUT2D eigenvalue weighted by molar-refractivity contribution is -0.137. The lowest BCUT2D eigenvalue weighted by Gasteiger charge is -2.10. The molecule has 1 aromatic heterocycles. The van der Waals surface area contributed by atoms with E-state index in [1.165, 1.54) is 42.6 Å². The van der Waals surface area contributed by atoms with E-state index in [4.69, 9.17) is 23.2 Å². The fourth-order valence-corrected chi connectivity index (χ4v) is 3.11. The summed E-state index contributed by atoms with van der Waals surface area (Å²) >= 11 is 11.9. The summed E-state index contributed by atoms with van der Waals surface area (Å²) in [5.74, 6) is -0.795. The molecular weight excluding hydrogens is 442 g/mol. The summed E-state index contributed by atoms with van der Waals surface area (Å²) in [5.41, 5.74) is -0.0641. The average Bonchev–Trinajstić information content (AvgIpc) is 2.68. The smallest absolute Gasteiger partial charge is 0.306 e. The van der Waals surface area contributed by atoms with Crippen molar-refractivity contribution in [1.82, 2.24) is 10.3 Å². The zero-order valence-corrected chi connectivity index (χ0v) is 16.4. The van der Waals surface area contributed by atoms with Gasteiger partial charge in [0.15, 0.2) is 0 Å². The number of benzene rings is 2. The molecule has 0 aliphatic rings. The predicted molar refractivity (Wildman–Crippen MR) is 108 cm³/mol. The minimum Gasteiger partial charge on any atom is -0.306 e. The first-order chi connectivity index (χ1) is 14.1. The van der Waals surface area contributed by atoms with Crippen LogP contribution in [0.5, 0.6) is 0 Å². The van der Waals surface area contributed by atoms with Gasteiger partial charge < -0.3 is 5.32 Å². The standard InChI is InChI=1S/C20H12Cl2F3N3O2/c21-14-5-2-6-15(22)17(14)18(29)28-19(30)27-13-7-8-16(26-10-13)11-3-1-4-12(9-11)20(23,24)25/h1-10H,(H2,27,28,29,30). The van der Waals surface area contributed by atoms with Crippen molar-refractivity contribution in [3.8, 4) is 11.3 Å². The van der Waals surface area contributed by atoms with Gasteiger partial charge in [0, 0.05) is 5.56 Å². The van der Waals surface area contributed by atoms with Gasteiger partial charge >= 0.3 is 12.2 Å². The van der Waals surface area contributed by atoms with E-state index in [0.29, 0.717) is 0 Å². The van der Waals surface area contributed by atoms with Crippen molar-refractivity contribution in [1.29, 1.82) is 0 Å². The molecule has 0 fully saturated rings. The van der Waals surface area contributed by atoms with E-state index < -0.39 is 23.7 Å². The molecule has 154 valence electrons. The number of alkyl halides is 3. The fraction of sp³-hybridized carbons (Fsp3) is 0.0500. The number of hydrogen-bond donors (Lipinski definition) is 2. The van der Waals surface area contributed by atoms with Crippen LogP contribution in [0, 0.1) is 0 Å². The molecule has 0 aliphatic carbocycles. The summed E-state index contributed by atoms with van der Waals surface area (Å²) in [6.07, 6.45) is -3.21. The second-order valence-corrected chi connectivity index (χ2v) is 6.83. The van der Waals surface area contributed by atoms with Crippen molar-refractivity contribution >= 4 is 40.8 Å². The summed E-state index contributed by atoms with van der Waals surface area (Å²) < 4.78 is 38.5. The number of halogens is 5. The molecular formula is C20H12Cl2F3N3O2. The summed E-state index contributed by atoms with van der Waals surface area (Å²) in [7, 11) is 0. The summed E-state index contributed by atoms with van der Waals surface area (Å²) in [6, 6.07) is 11.2. The van der Waals surface area contributed by atoms with Crippen LogP contribution >= 0.6 is 23.2 Å². The number of pyridine rings is 1. The molecule has 5 nitrogen and oxygen atoms in total. The number of carbonyl (C=O) groups excluding carboxylic acids is 2. The van der Waals surface area contributed by atoms with E-state index in [1.807, 2.05) is 0 Å². The zero-order valence-electron chi connectivity index (χ0n) is 14.9. The summed E-state index contributed by atoms with van der Waals surface area (Å²) in [5, 5.41) is 4.65. The van der Waals surface area contributed by atoms with E-state index in [0.717, 1.165) is 12.1 Å². The molecule has 30 heavy (non-hydrogen) atoms. The highest BCUT2D eigenvalue weighted by Crippen LogP contribution is 2.31. The number of anilines is 1. The van der Waals surface area contributed by atoms with Crippen LogP contribution in [0.4, 0.5) is 23.7 Å². The number of nitrogens with one attached hydrogen (secondary N) is 2. The molecule has 0 saturated heterocycles. The second kappa shape index (κ2) is 8.73. The zero-order chi connectivity index (χ0) is 21.9. The van der Waals surface area contributed by atoms with Gasteiger partial charge in [0.1, 0.15) is 0 Å². The third-order valence-corrected chi connectivity index (χ3v) is 4.55. The van der Waals surface area contributed by atoms with Crippen LogP contribution in [0.2, 0.25) is 10.0 Å². The number of urea groups is 1. The Morgan fingerprint density at radius 1 is 0.933 bits per heavy atom. The quantitative estimate of drug-likeness (QED) is 0.507. The van der Waals surface area contributed by atoms with Gasteiger partial charge in [-0.2, -0.15) is 13.2 Å². The highest BCUT2D eigenvalue weighted by Gasteiger charge is 2.30. The van der Waals surface area contributed by atoms with Crippen molar-refractivity contribution in [2.75, 3.05) is 5.32 Å². The molecule has 2 aromatic carbocycles. The Hall–Kier alpha value is -3.10. The maximum atomic E-state index is 12.8. The Balaban J connectivity index is 1.69. The minimum atomic E-state index is -4.47. The van der Waals surface area contributed by atoms with E-state index in [9.17, 15) is 22.8 Å². The van der Waals surface area contributed by atoms with Gasteiger partial charge in [0.05, 0.1) is 38.8 Å². The van der Waals surface area contributed by atoms with Gasteiger partial charge in [0.2, 0.25) is 0 Å². The number of carbonyl (C=O) groups is 2. The SMILES string of the molecule is O=C(NC(=O)c1c(Cl)cccc1Cl)Nc1ccc(-c2cccc(C(F)(F)F)c2)nc1. The van der Waals surface area contributed by atoms with Crippen molar-refractivity contribution < 1.29 is 22.8 Å². The van der Waals surface area contributed by atoms with Gasteiger partial charge in [0.25, 0.3) is 5.91 Å². The van der Waals surface area contributed by atoms with Gasteiger partial charge in [-0.1, -0.05) is 41.4 Å². The van der Waals surface area contributed by atoms with Gasteiger partial charge in [-0.25, -0.2) is 4.79 Å². The highest BCUT2D eigenvalue weighted by atomic mass is 35.5. The first-order valence-corrected chi connectivity index (χ1v) is 9.11. The predicted octanol–water partition coefficient (Wildman–Crippen LogP) is 6.04. The normalized spacial score (nSPS) is 11.1. The highest BCUT2D eigenvalue weighted by molar-refractivity contribution is 6.40. The minimum absolute atomic E-state index is 0.0472. The molecule has 3 aromatic rings. The molecule has 0 saturated carbocycles. The van der Waals surface area contributed by atoms with Crippen molar-refractivity contribution in [2.24, 2.45) is 0 Å². The molecule has 0 bridgehead atoms. The molecule has 2 N–H and O–H groups in total. The van der Waals surface area contributed by atoms with Crippen molar-refractivity contribution in [2.45, 2.75) is 6.18 Å². The van der Waals surface area contributed by atoms with E-state index in [-0.39, 0.29) is 32.6 Å². The van der Waals surface area contributed by atoms with Crippen LogP contribution in [0.15, 0.2) is 60.8 Å². The van der Waals surface area contributed by atoms with Gasteiger partial charge in [-0.3, -0.25) is 15.1 Å². The van der Waals surface area contributed by atoms with Crippen molar-refractivity contribution in [3.05, 3.63) is 82.0 Å². The lowest BCUT2D eigenvalue weighted by atomic mass is 10.1.